The van der Waals surface area contributed by atoms with Gasteiger partial charge in [-0.25, -0.2) is 9.68 Å². The van der Waals surface area contributed by atoms with Crippen molar-refractivity contribution in [3.8, 4) is 0 Å². The van der Waals surface area contributed by atoms with Gasteiger partial charge < -0.3 is 50.3 Å². The molecular formula is C24H32N2O14S. The third kappa shape index (κ3) is 6.47. The topological polar surface area (TPSA) is 239 Å². The lowest BCUT2D eigenvalue weighted by molar-refractivity contribution is -0.302. The van der Waals surface area contributed by atoms with Crippen molar-refractivity contribution in [2.24, 2.45) is 0 Å². The summed E-state index contributed by atoms with van der Waals surface area (Å²) in [6.45, 7) is -1.61. The Kier molecular flexibility index (Phi) is 10.1. The highest BCUT2D eigenvalue weighted by molar-refractivity contribution is 7.93. The van der Waals surface area contributed by atoms with Crippen LogP contribution in [-0.2, 0) is 29.4 Å². The molecule has 0 bridgehead atoms. The van der Waals surface area contributed by atoms with Crippen molar-refractivity contribution in [3.05, 3.63) is 60.7 Å². The van der Waals surface area contributed by atoms with Gasteiger partial charge in [-0.1, -0.05) is 36.4 Å². The van der Waals surface area contributed by atoms with Gasteiger partial charge in [0.1, 0.15) is 48.8 Å². The van der Waals surface area contributed by atoms with E-state index >= 15 is 0 Å². The molecule has 17 heteroatoms. The Hall–Kier alpha value is -2.49. The minimum atomic E-state index is -5.10. The maximum absolute atomic E-state index is 14.2. The van der Waals surface area contributed by atoms with Crippen molar-refractivity contribution in [1.29, 1.82) is 0 Å². The molecule has 0 radical (unpaired) electrons. The van der Waals surface area contributed by atoms with E-state index in [9.17, 15) is 49.3 Å². The minimum Gasteiger partial charge on any atom is -0.394 e. The number of hydrogen-bond donors (Lipinski definition) is 8. The SMILES string of the molecule is O=S(=O)(N(OC1O[C@H](CO)[C@H](O)[C@H](O)[C@H]1O)c1ccccc1)N(OC1O[C@H](CO)[C@H](O)[C@H](O)[C@H]1O)c1ccccc1. The number of ether oxygens (including phenoxy) is 2. The van der Waals surface area contributed by atoms with E-state index in [0.717, 1.165) is 0 Å². The second kappa shape index (κ2) is 13.2. The molecule has 228 valence electrons. The molecule has 2 aliphatic heterocycles. The van der Waals surface area contributed by atoms with Crippen LogP contribution in [0.15, 0.2) is 60.7 Å². The first-order valence-corrected chi connectivity index (χ1v) is 13.8. The summed E-state index contributed by atoms with van der Waals surface area (Å²) in [5, 5.41) is 80.7. The molecule has 0 aromatic heterocycles. The summed E-state index contributed by atoms with van der Waals surface area (Å²) in [5.41, 5.74) is -0.328. The molecule has 8 N–H and O–H groups in total. The lowest BCUT2D eigenvalue weighted by Crippen LogP contribution is -2.62. The van der Waals surface area contributed by atoms with Gasteiger partial charge in [-0.3, -0.25) is 0 Å². The number of hydrogen-bond acceptors (Lipinski definition) is 14. The number of aliphatic hydroxyl groups is 8. The largest absolute Gasteiger partial charge is 0.394 e. The zero-order chi connectivity index (χ0) is 29.9. The molecule has 41 heavy (non-hydrogen) atoms. The molecule has 4 rings (SSSR count). The van der Waals surface area contributed by atoms with Gasteiger partial charge in [0.2, 0.25) is 12.6 Å². The number of nitrogens with zero attached hydrogens (tertiary/aromatic N) is 2. The van der Waals surface area contributed by atoms with Gasteiger partial charge in [-0.15, -0.1) is 8.94 Å². The molecule has 2 fully saturated rings. The van der Waals surface area contributed by atoms with Gasteiger partial charge in [0.25, 0.3) is 0 Å². The van der Waals surface area contributed by atoms with Crippen LogP contribution >= 0.6 is 0 Å². The molecule has 0 saturated carbocycles. The highest BCUT2D eigenvalue weighted by Gasteiger charge is 2.49. The second-order valence-corrected chi connectivity index (χ2v) is 10.8. The first-order valence-electron chi connectivity index (χ1n) is 12.4. The van der Waals surface area contributed by atoms with Gasteiger partial charge in [0.05, 0.1) is 24.6 Å². The Morgan fingerprint density at radius 1 is 0.585 bits per heavy atom. The van der Waals surface area contributed by atoms with Crippen LogP contribution in [0.25, 0.3) is 0 Å². The minimum absolute atomic E-state index is 0.164. The molecule has 2 aromatic carbocycles. The Labute approximate surface area is 234 Å². The summed E-state index contributed by atoms with van der Waals surface area (Å²) in [6, 6.07) is 14.2. The monoisotopic (exact) mass is 604 g/mol. The molecule has 10 atom stereocenters. The normalized spacial score (nSPS) is 34.2. The van der Waals surface area contributed by atoms with E-state index in [0.29, 0.717) is 0 Å². The summed E-state index contributed by atoms with van der Waals surface area (Å²) in [6.07, 6.45) is -17.9. The van der Waals surface area contributed by atoms with Crippen molar-refractivity contribution in [3.63, 3.8) is 0 Å². The van der Waals surface area contributed by atoms with E-state index in [1.807, 2.05) is 0 Å². The Morgan fingerprint density at radius 2 is 0.927 bits per heavy atom. The fourth-order valence-electron chi connectivity index (χ4n) is 4.16. The van der Waals surface area contributed by atoms with Gasteiger partial charge in [-0.05, 0) is 24.3 Å². The molecule has 0 amide bonds. The number of para-hydroxylation sites is 2. The molecule has 2 unspecified atom stereocenters. The first-order chi connectivity index (χ1) is 19.5. The van der Waals surface area contributed by atoms with Crippen LogP contribution < -0.4 is 8.94 Å². The summed E-state index contributed by atoms with van der Waals surface area (Å²) in [7, 11) is -5.10. The summed E-state index contributed by atoms with van der Waals surface area (Å²) in [5.74, 6) is 0. The summed E-state index contributed by atoms with van der Waals surface area (Å²) in [4.78, 5) is 11.1. The highest BCUT2D eigenvalue weighted by atomic mass is 32.2. The van der Waals surface area contributed by atoms with Crippen molar-refractivity contribution in [1.82, 2.24) is 0 Å². The van der Waals surface area contributed by atoms with E-state index in [1.54, 1.807) is 12.1 Å². The molecule has 2 aliphatic rings. The van der Waals surface area contributed by atoms with E-state index in [4.69, 9.17) is 19.1 Å². The molecule has 0 aliphatic carbocycles. The predicted octanol–water partition coefficient (Wildman–Crippen LogP) is -3.29. The Balaban J connectivity index is 1.74. The van der Waals surface area contributed by atoms with Gasteiger partial charge in [-0.2, -0.15) is 8.42 Å². The smallest absolute Gasteiger partial charge is 0.372 e. The van der Waals surface area contributed by atoms with Gasteiger partial charge >= 0.3 is 10.2 Å². The number of benzene rings is 2. The number of rotatable bonds is 10. The summed E-state index contributed by atoms with van der Waals surface area (Å²) < 4.78 is 39.6. The van der Waals surface area contributed by atoms with Crippen LogP contribution in [0.3, 0.4) is 0 Å². The van der Waals surface area contributed by atoms with E-state index in [-0.39, 0.29) is 20.3 Å². The molecule has 0 spiro atoms. The van der Waals surface area contributed by atoms with E-state index in [2.05, 4.69) is 0 Å². The average molecular weight is 605 g/mol. The standard InChI is InChI=1S/C24H32N2O14S/c27-11-15-17(29)19(31)21(33)23(37-15)39-25(13-7-3-1-4-8-13)41(35,36)26(14-9-5-2-6-10-14)40-24-22(34)20(32)18(30)16(12-28)38-24/h1-10,15-24,27-34H,11-12H2/t15-,16-,17+,18+,19+,20+,21-,22-,23?,24?/m1/s1. The molecule has 2 saturated heterocycles. The molecule has 16 nitrogen and oxygen atoms in total. The zero-order valence-electron chi connectivity index (χ0n) is 21.3. The van der Waals surface area contributed by atoms with Crippen molar-refractivity contribution in [2.75, 3.05) is 22.2 Å². The van der Waals surface area contributed by atoms with Crippen LogP contribution in [-0.4, -0.2) is 124 Å². The average Bonchev–Trinajstić information content (AvgIpc) is 2.98. The third-order valence-electron chi connectivity index (χ3n) is 6.45. The zero-order valence-corrected chi connectivity index (χ0v) is 22.1. The predicted molar refractivity (Wildman–Crippen MR) is 136 cm³/mol. The fraction of sp³-hybridized carbons (Fsp3) is 0.500. The van der Waals surface area contributed by atoms with Gasteiger partial charge in [0.15, 0.2) is 0 Å². The maximum atomic E-state index is 14.2. The second-order valence-electron chi connectivity index (χ2n) is 9.24. The van der Waals surface area contributed by atoms with Crippen LogP contribution in [0.2, 0.25) is 0 Å². The Morgan fingerprint density at radius 3 is 1.24 bits per heavy atom. The number of aliphatic hydroxyl groups excluding tert-OH is 8. The van der Waals surface area contributed by atoms with Crippen LogP contribution in [0.1, 0.15) is 0 Å². The van der Waals surface area contributed by atoms with Crippen LogP contribution in [0.4, 0.5) is 11.4 Å². The lowest BCUT2D eigenvalue weighted by Gasteiger charge is -2.43. The maximum Gasteiger partial charge on any atom is 0.372 e. The quantitative estimate of drug-likeness (QED) is 0.124. The Bertz CT molecular complexity index is 1120. The van der Waals surface area contributed by atoms with E-state index < -0.39 is 84.8 Å². The van der Waals surface area contributed by atoms with E-state index in [1.165, 1.54) is 48.5 Å². The molecular weight excluding hydrogens is 572 g/mol. The number of anilines is 2. The third-order valence-corrected chi connectivity index (χ3v) is 7.88. The van der Waals surface area contributed by atoms with Crippen molar-refractivity contribution >= 4 is 21.6 Å². The first kappa shape index (κ1) is 31.4. The van der Waals surface area contributed by atoms with Crippen molar-refractivity contribution < 1.29 is 68.4 Å². The lowest BCUT2D eigenvalue weighted by atomic mass is 9.99. The summed E-state index contributed by atoms with van der Waals surface area (Å²) >= 11 is 0. The molecule has 2 heterocycles. The van der Waals surface area contributed by atoms with Crippen LogP contribution in [0.5, 0.6) is 0 Å². The van der Waals surface area contributed by atoms with Crippen molar-refractivity contribution in [2.45, 2.75) is 61.4 Å². The van der Waals surface area contributed by atoms with Crippen LogP contribution in [0, 0.1) is 0 Å². The molecule has 2 aromatic rings. The highest BCUT2D eigenvalue weighted by Crippen LogP contribution is 2.32. The fourth-order valence-corrected chi connectivity index (χ4v) is 5.46. The van der Waals surface area contributed by atoms with Gasteiger partial charge in [0, 0.05) is 0 Å².